The van der Waals surface area contributed by atoms with E-state index < -0.39 is 0 Å². The van der Waals surface area contributed by atoms with Crippen molar-refractivity contribution in [2.75, 3.05) is 31.5 Å². The van der Waals surface area contributed by atoms with Gasteiger partial charge in [-0.2, -0.15) is 0 Å². The van der Waals surface area contributed by atoms with Crippen molar-refractivity contribution in [3.8, 4) is 0 Å². The predicted octanol–water partition coefficient (Wildman–Crippen LogP) is 2.92. The third-order valence-electron chi connectivity index (χ3n) is 4.50. The maximum Gasteiger partial charge on any atom is 0.264 e. The van der Waals surface area contributed by atoms with Gasteiger partial charge >= 0.3 is 0 Å². The minimum atomic E-state index is -0.167. The van der Waals surface area contributed by atoms with Gasteiger partial charge in [0.05, 0.1) is 10.9 Å². The second-order valence-corrected chi connectivity index (χ2v) is 7.03. The summed E-state index contributed by atoms with van der Waals surface area (Å²) < 4.78 is 0. The zero-order valence-corrected chi connectivity index (χ0v) is 15.2. The number of carbonyl (C=O) groups excluding carboxylic acids is 2. The Balaban J connectivity index is 1.56. The SMILES string of the molecule is CC[C@H](C(=O)Nc1ccccc1)N1CCN(C(=O)c2cccs2)CC1. The van der Waals surface area contributed by atoms with Crippen molar-refractivity contribution in [3.63, 3.8) is 0 Å². The lowest BCUT2D eigenvalue weighted by molar-refractivity contribution is -0.122. The number of carbonyl (C=O) groups is 2. The molecule has 1 aliphatic rings. The van der Waals surface area contributed by atoms with E-state index >= 15 is 0 Å². The molecule has 1 aliphatic heterocycles. The smallest absolute Gasteiger partial charge is 0.264 e. The van der Waals surface area contributed by atoms with Crippen LogP contribution < -0.4 is 5.32 Å². The average Bonchev–Trinajstić information content (AvgIpc) is 3.18. The lowest BCUT2D eigenvalue weighted by Crippen LogP contribution is -2.54. The number of anilines is 1. The van der Waals surface area contributed by atoms with Crippen LogP contribution in [-0.2, 0) is 4.79 Å². The zero-order valence-electron chi connectivity index (χ0n) is 14.4. The number of benzene rings is 1. The molecule has 0 unspecified atom stereocenters. The van der Waals surface area contributed by atoms with Crippen LogP contribution in [0.25, 0.3) is 0 Å². The van der Waals surface area contributed by atoms with Gasteiger partial charge in [-0.25, -0.2) is 0 Å². The molecule has 0 bridgehead atoms. The summed E-state index contributed by atoms with van der Waals surface area (Å²) in [5, 5.41) is 4.91. The van der Waals surface area contributed by atoms with Crippen molar-refractivity contribution in [1.82, 2.24) is 9.80 Å². The number of hydrogen-bond acceptors (Lipinski definition) is 4. The fraction of sp³-hybridized carbons (Fsp3) is 0.368. The molecule has 2 heterocycles. The van der Waals surface area contributed by atoms with Crippen LogP contribution in [-0.4, -0.2) is 53.8 Å². The van der Waals surface area contributed by atoms with E-state index in [9.17, 15) is 9.59 Å². The minimum absolute atomic E-state index is 0.0201. The summed E-state index contributed by atoms with van der Waals surface area (Å²) in [5.41, 5.74) is 0.817. The number of thiophene rings is 1. The van der Waals surface area contributed by atoms with Crippen LogP contribution in [0, 0.1) is 0 Å². The highest BCUT2D eigenvalue weighted by atomic mass is 32.1. The van der Waals surface area contributed by atoms with Gasteiger partial charge in [0.15, 0.2) is 0 Å². The number of amides is 2. The predicted molar refractivity (Wildman–Crippen MR) is 101 cm³/mol. The summed E-state index contributed by atoms with van der Waals surface area (Å²) in [6.07, 6.45) is 0.748. The highest BCUT2D eigenvalue weighted by Crippen LogP contribution is 2.17. The molecule has 1 N–H and O–H groups in total. The third kappa shape index (κ3) is 4.27. The van der Waals surface area contributed by atoms with E-state index in [1.807, 2.05) is 59.7 Å². The van der Waals surface area contributed by atoms with Crippen molar-refractivity contribution in [2.45, 2.75) is 19.4 Å². The summed E-state index contributed by atoms with van der Waals surface area (Å²) in [6, 6.07) is 13.1. The van der Waals surface area contributed by atoms with Crippen molar-refractivity contribution >= 4 is 28.8 Å². The minimum Gasteiger partial charge on any atom is -0.335 e. The lowest BCUT2D eigenvalue weighted by Gasteiger charge is -2.38. The van der Waals surface area contributed by atoms with Gasteiger partial charge in [-0.1, -0.05) is 31.2 Å². The van der Waals surface area contributed by atoms with Gasteiger partial charge in [0.2, 0.25) is 5.91 Å². The van der Waals surface area contributed by atoms with Crippen LogP contribution in [0.15, 0.2) is 47.8 Å². The van der Waals surface area contributed by atoms with E-state index in [4.69, 9.17) is 0 Å². The lowest BCUT2D eigenvalue weighted by atomic mass is 10.1. The zero-order chi connectivity index (χ0) is 17.6. The van der Waals surface area contributed by atoms with Crippen molar-refractivity contribution < 1.29 is 9.59 Å². The molecule has 0 radical (unpaired) electrons. The number of para-hydroxylation sites is 1. The van der Waals surface area contributed by atoms with Gasteiger partial charge in [0.1, 0.15) is 0 Å². The van der Waals surface area contributed by atoms with Crippen LogP contribution in [0.5, 0.6) is 0 Å². The van der Waals surface area contributed by atoms with Gasteiger partial charge < -0.3 is 10.2 Å². The topological polar surface area (TPSA) is 52.7 Å². The molecule has 1 atom stereocenters. The van der Waals surface area contributed by atoms with Crippen LogP contribution in [0.4, 0.5) is 5.69 Å². The van der Waals surface area contributed by atoms with E-state index in [2.05, 4.69) is 10.2 Å². The third-order valence-corrected chi connectivity index (χ3v) is 5.36. The molecule has 1 aromatic heterocycles. The molecule has 3 rings (SSSR count). The molecular formula is C19H23N3O2S. The van der Waals surface area contributed by atoms with E-state index in [-0.39, 0.29) is 17.9 Å². The fourth-order valence-corrected chi connectivity index (χ4v) is 3.84. The Hall–Kier alpha value is -2.18. The van der Waals surface area contributed by atoms with Crippen molar-refractivity contribution in [2.24, 2.45) is 0 Å². The number of nitrogens with zero attached hydrogens (tertiary/aromatic N) is 2. The number of nitrogens with one attached hydrogen (secondary N) is 1. The molecule has 2 aromatic rings. The van der Waals surface area contributed by atoms with Crippen LogP contribution in [0.3, 0.4) is 0 Å². The Morgan fingerprint density at radius 1 is 1.08 bits per heavy atom. The largest absolute Gasteiger partial charge is 0.335 e. The summed E-state index contributed by atoms with van der Waals surface area (Å²) in [7, 11) is 0. The van der Waals surface area contributed by atoms with E-state index in [1.54, 1.807) is 0 Å². The first kappa shape index (κ1) is 17.6. The molecule has 0 aliphatic carbocycles. The molecule has 1 saturated heterocycles. The molecule has 1 aromatic carbocycles. The van der Waals surface area contributed by atoms with Gasteiger partial charge in [-0.05, 0) is 30.0 Å². The van der Waals surface area contributed by atoms with Gasteiger partial charge in [-0.15, -0.1) is 11.3 Å². The number of hydrogen-bond donors (Lipinski definition) is 1. The normalized spacial score (nSPS) is 16.4. The summed E-state index contributed by atoms with van der Waals surface area (Å²) in [6.45, 7) is 4.78. The maximum absolute atomic E-state index is 12.6. The Morgan fingerprint density at radius 3 is 2.40 bits per heavy atom. The fourth-order valence-electron chi connectivity index (χ4n) is 3.15. The number of rotatable bonds is 5. The van der Waals surface area contributed by atoms with Crippen LogP contribution >= 0.6 is 11.3 Å². The van der Waals surface area contributed by atoms with Crippen LogP contribution in [0.2, 0.25) is 0 Å². The Morgan fingerprint density at radius 2 is 1.80 bits per heavy atom. The molecule has 25 heavy (non-hydrogen) atoms. The van der Waals surface area contributed by atoms with Crippen LogP contribution in [0.1, 0.15) is 23.0 Å². The summed E-state index contributed by atoms with van der Waals surface area (Å²) >= 11 is 1.47. The van der Waals surface area contributed by atoms with E-state index in [0.29, 0.717) is 13.1 Å². The first-order chi connectivity index (χ1) is 12.2. The van der Waals surface area contributed by atoms with E-state index in [0.717, 1.165) is 30.1 Å². The van der Waals surface area contributed by atoms with E-state index in [1.165, 1.54) is 11.3 Å². The Kier molecular flexibility index (Phi) is 5.83. The summed E-state index contributed by atoms with van der Waals surface area (Å²) in [5.74, 6) is 0.114. The Labute approximate surface area is 152 Å². The second kappa shape index (κ2) is 8.27. The first-order valence-electron chi connectivity index (χ1n) is 8.61. The Bertz CT molecular complexity index is 695. The monoisotopic (exact) mass is 357 g/mol. The second-order valence-electron chi connectivity index (χ2n) is 6.08. The molecule has 6 heteroatoms. The molecule has 0 saturated carbocycles. The highest BCUT2D eigenvalue weighted by Gasteiger charge is 2.29. The maximum atomic E-state index is 12.6. The molecular weight excluding hydrogens is 334 g/mol. The average molecular weight is 357 g/mol. The van der Waals surface area contributed by atoms with Gasteiger partial charge in [0.25, 0.3) is 5.91 Å². The van der Waals surface area contributed by atoms with Gasteiger partial charge in [0, 0.05) is 31.9 Å². The van der Waals surface area contributed by atoms with Crippen molar-refractivity contribution in [3.05, 3.63) is 52.7 Å². The van der Waals surface area contributed by atoms with Gasteiger partial charge in [-0.3, -0.25) is 14.5 Å². The highest BCUT2D eigenvalue weighted by molar-refractivity contribution is 7.12. The molecule has 2 amide bonds. The molecule has 0 spiro atoms. The molecule has 132 valence electrons. The standard InChI is InChI=1S/C19H23N3O2S/c1-2-16(18(23)20-15-7-4-3-5-8-15)21-10-12-22(13-11-21)19(24)17-9-6-14-25-17/h3-9,14,16H,2,10-13H2,1H3,(H,20,23)/t16-/m1/s1. The summed E-state index contributed by atoms with van der Waals surface area (Å²) in [4.78, 5) is 29.9. The quantitative estimate of drug-likeness (QED) is 0.895. The van der Waals surface area contributed by atoms with Crippen molar-refractivity contribution in [1.29, 1.82) is 0 Å². The molecule has 5 nitrogen and oxygen atoms in total. The molecule has 1 fully saturated rings. The first-order valence-corrected chi connectivity index (χ1v) is 9.49. The number of piperazine rings is 1.